The molecular formula is C14H33NO3Si. The molecule has 0 bridgehead atoms. The lowest BCUT2D eigenvalue weighted by Gasteiger charge is -2.27. The summed E-state index contributed by atoms with van der Waals surface area (Å²) >= 11 is 0. The van der Waals surface area contributed by atoms with Gasteiger partial charge < -0.3 is 19.0 Å². The summed E-state index contributed by atoms with van der Waals surface area (Å²) in [5.41, 5.74) is 6.14. The maximum Gasteiger partial charge on any atom is 0.501 e. The van der Waals surface area contributed by atoms with Crippen molar-refractivity contribution >= 4 is 8.80 Å². The maximum absolute atomic E-state index is 6.14. The Labute approximate surface area is 120 Å². The van der Waals surface area contributed by atoms with E-state index in [0.29, 0.717) is 6.04 Å². The number of hydrogen-bond donors (Lipinski definition) is 1. The van der Waals surface area contributed by atoms with E-state index in [1.165, 1.54) is 44.9 Å². The molecule has 0 aliphatic carbocycles. The third-order valence-corrected chi connectivity index (χ3v) is 6.51. The number of nitrogens with two attached hydrogens (primary N) is 1. The monoisotopic (exact) mass is 291 g/mol. The highest BCUT2D eigenvalue weighted by molar-refractivity contribution is 6.60. The molecule has 0 fully saturated rings. The smallest absolute Gasteiger partial charge is 0.377 e. The van der Waals surface area contributed by atoms with Crippen molar-refractivity contribution in [2.24, 2.45) is 5.73 Å². The van der Waals surface area contributed by atoms with Crippen molar-refractivity contribution in [3.63, 3.8) is 0 Å². The molecule has 5 heteroatoms. The van der Waals surface area contributed by atoms with E-state index in [-0.39, 0.29) is 6.04 Å². The molecule has 19 heavy (non-hydrogen) atoms. The number of unbranched alkanes of at least 4 members (excludes halogenated alkanes) is 6. The summed E-state index contributed by atoms with van der Waals surface area (Å²) in [4.78, 5) is 0. The predicted molar refractivity (Wildman–Crippen MR) is 82.2 cm³/mol. The highest BCUT2D eigenvalue weighted by Gasteiger charge is 2.39. The van der Waals surface area contributed by atoms with Crippen LogP contribution >= 0.6 is 0 Å². The predicted octanol–water partition coefficient (Wildman–Crippen LogP) is 3.33. The van der Waals surface area contributed by atoms with E-state index in [9.17, 15) is 0 Å². The highest BCUT2D eigenvalue weighted by atomic mass is 28.4. The second-order valence-corrected chi connectivity index (χ2v) is 8.17. The lowest BCUT2D eigenvalue weighted by molar-refractivity contribution is 0.121. The largest absolute Gasteiger partial charge is 0.501 e. The Morgan fingerprint density at radius 3 is 1.79 bits per heavy atom. The second-order valence-electron chi connectivity index (χ2n) is 5.17. The van der Waals surface area contributed by atoms with Crippen LogP contribution in [0.1, 0.15) is 58.3 Å². The fourth-order valence-corrected chi connectivity index (χ4v) is 4.13. The molecule has 0 heterocycles. The molecule has 116 valence electrons. The van der Waals surface area contributed by atoms with Gasteiger partial charge >= 0.3 is 8.80 Å². The molecule has 0 aliphatic rings. The number of hydrogen-bond acceptors (Lipinski definition) is 4. The molecule has 2 N–H and O–H groups in total. The van der Waals surface area contributed by atoms with Gasteiger partial charge in [-0.1, -0.05) is 51.9 Å². The Morgan fingerprint density at radius 1 is 0.842 bits per heavy atom. The lowest BCUT2D eigenvalue weighted by atomic mass is 10.1. The minimum atomic E-state index is -2.49. The van der Waals surface area contributed by atoms with Gasteiger partial charge in [-0.15, -0.1) is 0 Å². The SMILES string of the molecule is CCCCCCCCCC(N)C[Si](OC)(OC)OC. The summed E-state index contributed by atoms with van der Waals surface area (Å²) in [6.45, 7) is 2.25. The summed E-state index contributed by atoms with van der Waals surface area (Å²) in [5, 5.41) is 0. The van der Waals surface area contributed by atoms with Crippen molar-refractivity contribution in [1.82, 2.24) is 0 Å². The molecule has 0 radical (unpaired) electrons. The van der Waals surface area contributed by atoms with Crippen molar-refractivity contribution in [3.8, 4) is 0 Å². The van der Waals surface area contributed by atoms with Crippen LogP contribution in [0.4, 0.5) is 0 Å². The zero-order valence-electron chi connectivity index (χ0n) is 13.2. The van der Waals surface area contributed by atoms with Crippen molar-refractivity contribution in [3.05, 3.63) is 0 Å². The molecule has 0 aromatic rings. The van der Waals surface area contributed by atoms with Crippen LogP contribution in [0.2, 0.25) is 6.04 Å². The molecule has 1 unspecified atom stereocenters. The van der Waals surface area contributed by atoms with Gasteiger partial charge in [0.25, 0.3) is 0 Å². The van der Waals surface area contributed by atoms with Gasteiger partial charge in [0.2, 0.25) is 0 Å². The van der Waals surface area contributed by atoms with E-state index >= 15 is 0 Å². The quantitative estimate of drug-likeness (QED) is 0.418. The van der Waals surface area contributed by atoms with Crippen LogP contribution in [-0.2, 0) is 13.3 Å². The van der Waals surface area contributed by atoms with Gasteiger partial charge in [0.05, 0.1) is 0 Å². The number of rotatable bonds is 13. The summed E-state index contributed by atoms with van der Waals surface area (Å²) in [6.07, 6.45) is 10.2. The van der Waals surface area contributed by atoms with Crippen LogP contribution in [0.15, 0.2) is 0 Å². The average molecular weight is 292 g/mol. The summed E-state index contributed by atoms with van der Waals surface area (Å²) in [7, 11) is 2.42. The van der Waals surface area contributed by atoms with E-state index in [1.807, 2.05) is 0 Å². The third-order valence-electron chi connectivity index (χ3n) is 3.62. The van der Waals surface area contributed by atoms with Crippen molar-refractivity contribution in [2.75, 3.05) is 21.3 Å². The van der Waals surface area contributed by atoms with Crippen LogP contribution < -0.4 is 5.73 Å². The first-order chi connectivity index (χ1) is 9.14. The molecule has 0 saturated carbocycles. The Kier molecular flexibility index (Phi) is 11.9. The third kappa shape index (κ3) is 8.76. The van der Waals surface area contributed by atoms with E-state index in [0.717, 1.165) is 6.42 Å². The van der Waals surface area contributed by atoms with E-state index in [2.05, 4.69) is 6.92 Å². The van der Waals surface area contributed by atoms with Crippen LogP contribution in [0.5, 0.6) is 0 Å². The first-order valence-corrected chi connectivity index (χ1v) is 9.48. The van der Waals surface area contributed by atoms with Gasteiger partial charge in [0, 0.05) is 33.4 Å². The summed E-state index contributed by atoms with van der Waals surface area (Å²) in [5.74, 6) is 0. The molecule has 0 amide bonds. The fourth-order valence-electron chi connectivity index (χ4n) is 2.29. The Balaban J connectivity index is 3.65. The maximum atomic E-state index is 6.14. The van der Waals surface area contributed by atoms with E-state index in [4.69, 9.17) is 19.0 Å². The first-order valence-electron chi connectivity index (χ1n) is 7.55. The van der Waals surface area contributed by atoms with Crippen molar-refractivity contribution in [1.29, 1.82) is 0 Å². The van der Waals surface area contributed by atoms with Gasteiger partial charge in [-0.25, -0.2) is 0 Å². The van der Waals surface area contributed by atoms with Crippen molar-refractivity contribution in [2.45, 2.75) is 70.4 Å². The van der Waals surface area contributed by atoms with Crippen LogP contribution in [-0.4, -0.2) is 36.2 Å². The van der Waals surface area contributed by atoms with Gasteiger partial charge in [0.15, 0.2) is 0 Å². The summed E-state index contributed by atoms with van der Waals surface area (Å²) in [6, 6.07) is 0.814. The Hall–Kier alpha value is 0.0569. The topological polar surface area (TPSA) is 53.7 Å². The van der Waals surface area contributed by atoms with Gasteiger partial charge in [0.1, 0.15) is 0 Å². The summed E-state index contributed by atoms with van der Waals surface area (Å²) < 4.78 is 16.2. The van der Waals surface area contributed by atoms with Gasteiger partial charge in [-0.2, -0.15) is 0 Å². The lowest BCUT2D eigenvalue weighted by Crippen LogP contribution is -2.47. The first kappa shape index (κ1) is 19.1. The molecule has 0 saturated heterocycles. The van der Waals surface area contributed by atoms with E-state index < -0.39 is 8.80 Å². The molecular weight excluding hydrogens is 258 g/mol. The molecule has 0 aliphatic heterocycles. The molecule has 0 aromatic carbocycles. The van der Waals surface area contributed by atoms with Crippen molar-refractivity contribution < 1.29 is 13.3 Å². The Morgan fingerprint density at radius 2 is 1.32 bits per heavy atom. The van der Waals surface area contributed by atoms with Crippen LogP contribution in [0, 0.1) is 0 Å². The van der Waals surface area contributed by atoms with Crippen LogP contribution in [0.25, 0.3) is 0 Å². The minimum absolute atomic E-state index is 0.113. The molecule has 1 atom stereocenters. The molecule has 0 rings (SSSR count). The second kappa shape index (κ2) is 11.8. The highest BCUT2D eigenvalue weighted by Crippen LogP contribution is 2.18. The molecule has 0 spiro atoms. The van der Waals surface area contributed by atoms with E-state index in [1.54, 1.807) is 21.3 Å². The fraction of sp³-hybridized carbons (Fsp3) is 1.00. The zero-order valence-corrected chi connectivity index (χ0v) is 14.2. The van der Waals surface area contributed by atoms with Gasteiger partial charge in [-0.3, -0.25) is 0 Å². The normalized spacial score (nSPS) is 13.7. The molecule has 0 aromatic heterocycles. The standard InChI is InChI=1S/C14H33NO3Si/c1-5-6-7-8-9-10-11-12-14(15)13-19(16-2,17-3)18-4/h14H,5-13,15H2,1-4H3. The zero-order chi connectivity index (χ0) is 14.6. The molecule has 4 nitrogen and oxygen atoms in total. The average Bonchev–Trinajstić information content (AvgIpc) is 2.44. The van der Waals surface area contributed by atoms with Gasteiger partial charge in [-0.05, 0) is 6.42 Å². The van der Waals surface area contributed by atoms with Crippen LogP contribution in [0.3, 0.4) is 0 Å². The Bertz CT molecular complexity index is 193. The minimum Gasteiger partial charge on any atom is -0.377 e.